The Bertz CT molecular complexity index is 95.8. The second-order valence-electron chi connectivity index (χ2n) is 1.59. The number of carbonyl (C=O) groups is 1. The molecule has 5 heteroatoms. The van der Waals surface area contributed by atoms with Crippen LogP contribution in [0, 0.1) is 0 Å². The summed E-state index contributed by atoms with van der Waals surface area (Å²) in [5.74, 6) is -1.43. The van der Waals surface area contributed by atoms with E-state index >= 15 is 0 Å². The summed E-state index contributed by atoms with van der Waals surface area (Å²) in [5.41, 5.74) is 4.85. The second kappa shape index (κ2) is 4.83. The third-order valence-electron chi connectivity index (χ3n) is 0.792. The van der Waals surface area contributed by atoms with Gasteiger partial charge in [0.15, 0.2) is 0 Å². The third kappa shape index (κ3) is 4.49. The fourth-order valence-corrected chi connectivity index (χ4v) is 0.197. The van der Waals surface area contributed by atoms with Crippen molar-refractivity contribution < 1.29 is 33.9 Å². The third-order valence-corrected chi connectivity index (χ3v) is 0.792. The Kier molecular flexibility index (Phi) is 6.30. The standard InChI is InChI=1S/C4H9NO3.Li/c1-2(6)3(5)4(7)8;/h2-3,6H,5H2,1H3,(H,7,8);/q;+1/p-1. The zero-order valence-electron chi connectivity index (χ0n) is 5.50. The molecule has 0 radical (unpaired) electrons. The van der Waals surface area contributed by atoms with Gasteiger partial charge in [-0.1, -0.05) is 0 Å². The smallest absolute Gasteiger partial charge is 0.548 e. The van der Waals surface area contributed by atoms with Gasteiger partial charge < -0.3 is 20.7 Å². The number of rotatable bonds is 2. The van der Waals surface area contributed by atoms with Crippen LogP contribution >= 0.6 is 0 Å². The number of carboxylic acids is 1. The quantitative estimate of drug-likeness (QED) is 0.360. The second-order valence-corrected chi connectivity index (χ2v) is 1.59. The largest absolute Gasteiger partial charge is 1.00 e. The Morgan fingerprint density at radius 1 is 1.78 bits per heavy atom. The van der Waals surface area contributed by atoms with Gasteiger partial charge in [0.2, 0.25) is 0 Å². The van der Waals surface area contributed by atoms with Crippen molar-refractivity contribution in [3.8, 4) is 0 Å². The first-order chi connectivity index (χ1) is 3.55. The van der Waals surface area contributed by atoms with Crippen molar-refractivity contribution in [2.75, 3.05) is 0 Å². The summed E-state index contributed by atoms with van der Waals surface area (Å²) < 4.78 is 0. The molecule has 0 bridgehead atoms. The molecule has 0 aliphatic rings. The van der Waals surface area contributed by atoms with Crippen LogP contribution < -0.4 is 29.7 Å². The van der Waals surface area contributed by atoms with E-state index in [1.165, 1.54) is 6.92 Å². The summed E-state index contributed by atoms with van der Waals surface area (Å²) in [6, 6.07) is -1.27. The molecule has 3 N–H and O–H groups in total. The summed E-state index contributed by atoms with van der Waals surface area (Å²) >= 11 is 0. The Morgan fingerprint density at radius 2 is 2.11 bits per heavy atom. The van der Waals surface area contributed by atoms with Crippen molar-refractivity contribution >= 4 is 5.97 Å². The number of hydrogen-bond acceptors (Lipinski definition) is 4. The van der Waals surface area contributed by atoms with Gasteiger partial charge in [-0.25, -0.2) is 0 Å². The first-order valence-corrected chi connectivity index (χ1v) is 2.20. The molecule has 0 fully saturated rings. The van der Waals surface area contributed by atoms with Crippen molar-refractivity contribution in [3.63, 3.8) is 0 Å². The Balaban J connectivity index is 0. The normalized spacial score (nSPS) is 15.4. The minimum Gasteiger partial charge on any atom is -0.548 e. The molecular weight excluding hydrogens is 117 g/mol. The summed E-state index contributed by atoms with van der Waals surface area (Å²) in [6.45, 7) is 1.29. The molecule has 0 rings (SSSR count). The molecule has 0 saturated heterocycles. The van der Waals surface area contributed by atoms with Crippen LogP contribution in [0.15, 0.2) is 0 Å². The number of aliphatic carboxylic acids is 1. The van der Waals surface area contributed by atoms with E-state index in [2.05, 4.69) is 0 Å². The zero-order chi connectivity index (χ0) is 6.73. The van der Waals surface area contributed by atoms with Crippen LogP contribution in [0.4, 0.5) is 0 Å². The minimum atomic E-state index is -1.43. The van der Waals surface area contributed by atoms with Crippen LogP contribution in [0.2, 0.25) is 0 Å². The van der Waals surface area contributed by atoms with Gasteiger partial charge in [0, 0.05) is 0 Å². The van der Waals surface area contributed by atoms with Crippen LogP contribution in [0.3, 0.4) is 0 Å². The van der Waals surface area contributed by atoms with Gasteiger partial charge in [-0.05, 0) is 6.92 Å². The van der Waals surface area contributed by atoms with Crippen LogP contribution in [-0.2, 0) is 4.79 Å². The molecule has 0 aromatic rings. The first kappa shape index (κ1) is 11.7. The molecule has 48 valence electrons. The molecule has 0 heterocycles. The van der Waals surface area contributed by atoms with Crippen molar-refractivity contribution in [3.05, 3.63) is 0 Å². The van der Waals surface area contributed by atoms with Gasteiger partial charge in [0.1, 0.15) is 0 Å². The summed E-state index contributed by atoms with van der Waals surface area (Å²) in [5, 5.41) is 18.2. The maximum absolute atomic E-state index is 9.74. The number of carbonyl (C=O) groups excluding carboxylic acids is 1. The fourth-order valence-electron chi connectivity index (χ4n) is 0.197. The molecular formula is C4H8LiNO3. The van der Waals surface area contributed by atoms with Crippen molar-refractivity contribution in [1.29, 1.82) is 0 Å². The van der Waals surface area contributed by atoms with Crippen LogP contribution in [0.1, 0.15) is 6.92 Å². The summed E-state index contributed by atoms with van der Waals surface area (Å²) in [7, 11) is 0. The van der Waals surface area contributed by atoms with E-state index in [0.717, 1.165) is 0 Å². The summed E-state index contributed by atoms with van der Waals surface area (Å²) in [6.07, 6.45) is -1.04. The molecule has 0 amide bonds. The van der Waals surface area contributed by atoms with Gasteiger partial charge in [-0.2, -0.15) is 0 Å². The average molecular weight is 125 g/mol. The van der Waals surface area contributed by atoms with Crippen LogP contribution in [-0.4, -0.2) is 23.2 Å². The fraction of sp³-hybridized carbons (Fsp3) is 0.750. The predicted molar refractivity (Wildman–Crippen MR) is 24.7 cm³/mol. The van der Waals surface area contributed by atoms with Gasteiger partial charge in [0.05, 0.1) is 18.1 Å². The number of carboxylic acid groups (broad SMARTS) is 1. The molecule has 0 spiro atoms. The number of nitrogens with two attached hydrogens (primary N) is 1. The Morgan fingerprint density at radius 3 is 2.11 bits per heavy atom. The number of aliphatic hydroxyl groups excluding tert-OH is 1. The van der Waals surface area contributed by atoms with E-state index < -0.39 is 18.1 Å². The maximum atomic E-state index is 9.74. The van der Waals surface area contributed by atoms with Crippen molar-refractivity contribution in [2.24, 2.45) is 5.73 Å². The summed E-state index contributed by atoms with van der Waals surface area (Å²) in [4.78, 5) is 9.74. The first-order valence-electron chi connectivity index (χ1n) is 2.20. The SMILES string of the molecule is CC(O)C(N)C(=O)[O-].[Li+]. The van der Waals surface area contributed by atoms with Crippen LogP contribution in [0.25, 0.3) is 0 Å². The molecule has 0 saturated carbocycles. The predicted octanol–water partition coefficient (Wildman–Crippen LogP) is -5.55. The molecule has 0 aromatic heterocycles. The monoisotopic (exact) mass is 125 g/mol. The average Bonchev–Trinajstić information content (AvgIpc) is 1.64. The maximum Gasteiger partial charge on any atom is 1.00 e. The molecule has 0 aliphatic carbocycles. The van der Waals surface area contributed by atoms with Crippen molar-refractivity contribution in [2.45, 2.75) is 19.1 Å². The van der Waals surface area contributed by atoms with E-state index in [4.69, 9.17) is 10.8 Å². The molecule has 9 heavy (non-hydrogen) atoms. The van der Waals surface area contributed by atoms with E-state index in [1.807, 2.05) is 0 Å². The van der Waals surface area contributed by atoms with Gasteiger partial charge in [-0.3, -0.25) is 0 Å². The van der Waals surface area contributed by atoms with E-state index in [9.17, 15) is 9.90 Å². The van der Waals surface area contributed by atoms with Crippen LogP contribution in [0.5, 0.6) is 0 Å². The molecule has 2 atom stereocenters. The van der Waals surface area contributed by atoms with E-state index in [-0.39, 0.29) is 18.9 Å². The molecule has 0 aromatic carbocycles. The van der Waals surface area contributed by atoms with Crippen molar-refractivity contribution in [1.82, 2.24) is 0 Å². The number of hydrogen-bond donors (Lipinski definition) is 2. The Labute approximate surface area is 65.2 Å². The van der Waals surface area contributed by atoms with Gasteiger partial charge in [0.25, 0.3) is 0 Å². The molecule has 0 aliphatic heterocycles. The van der Waals surface area contributed by atoms with E-state index in [0.29, 0.717) is 0 Å². The zero-order valence-corrected chi connectivity index (χ0v) is 5.50. The Hall–Kier alpha value is -0.0126. The minimum absolute atomic E-state index is 0. The molecule has 2 unspecified atom stereocenters. The van der Waals surface area contributed by atoms with E-state index in [1.54, 1.807) is 0 Å². The topological polar surface area (TPSA) is 86.4 Å². The number of aliphatic hydroxyl groups is 1. The molecule has 4 nitrogen and oxygen atoms in total. The van der Waals surface area contributed by atoms with Gasteiger partial charge in [-0.15, -0.1) is 0 Å². The van der Waals surface area contributed by atoms with Gasteiger partial charge >= 0.3 is 18.9 Å².